The van der Waals surface area contributed by atoms with Gasteiger partial charge in [-0.15, -0.1) is 0 Å². The molecule has 0 atom stereocenters. The van der Waals surface area contributed by atoms with Gasteiger partial charge in [0, 0.05) is 19.1 Å². The summed E-state index contributed by atoms with van der Waals surface area (Å²) in [5.41, 5.74) is 1.37. The van der Waals surface area contributed by atoms with E-state index in [2.05, 4.69) is 25.8 Å². The molecule has 1 aliphatic rings. The second-order valence-corrected chi connectivity index (χ2v) is 5.74. The molecule has 0 saturated heterocycles. The predicted octanol–water partition coefficient (Wildman–Crippen LogP) is 2.65. The Balaban J connectivity index is 1.51. The lowest BCUT2D eigenvalue weighted by Crippen LogP contribution is -2.32. The van der Waals surface area contributed by atoms with E-state index in [0.29, 0.717) is 11.8 Å². The molecule has 1 aliphatic carbocycles. The average molecular weight is 289 g/mol. The summed E-state index contributed by atoms with van der Waals surface area (Å²) in [6, 6.07) is 0.678. The van der Waals surface area contributed by atoms with Crippen molar-refractivity contribution in [1.82, 2.24) is 20.4 Å². The van der Waals surface area contributed by atoms with Crippen molar-refractivity contribution < 1.29 is 4.52 Å². The molecule has 2 N–H and O–H groups in total. The van der Waals surface area contributed by atoms with E-state index in [1.165, 1.54) is 44.9 Å². The van der Waals surface area contributed by atoms with Gasteiger partial charge in [0.25, 0.3) is 5.71 Å². The van der Waals surface area contributed by atoms with Crippen LogP contribution in [-0.2, 0) is 0 Å². The van der Waals surface area contributed by atoms with Crippen molar-refractivity contribution in [3.05, 3.63) is 12.0 Å². The highest BCUT2D eigenvalue weighted by molar-refractivity contribution is 5.87. The van der Waals surface area contributed by atoms with Crippen molar-refractivity contribution in [1.29, 1.82) is 0 Å². The first-order valence-electron chi connectivity index (χ1n) is 7.89. The molecule has 0 aliphatic heterocycles. The van der Waals surface area contributed by atoms with Crippen LogP contribution in [0.25, 0.3) is 11.1 Å². The number of nitrogens with one attached hydrogen (secondary N) is 2. The van der Waals surface area contributed by atoms with Gasteiger partial charge in [-0.3, -0.25) is 0 Å². The number of aromatic nitrogens is 3. The SMILES string of the molecule is Cc1noc2ncnc(NCCNC3CCCCCC3)c12. The molecule has 2 aromatic rings. The van der Waals surface area contributed by atoms with Gasteiger partial charge in [-0.2, -0.15) is 4.98 Å². The van der Waals surface area contributed by atoms with Gasteiger partial charge in [0.05, 0.1) is 5.69 Å². The summed E-state index contributed by atoms with van der Waals surface area (Å²) in [5, 5.41) is 11.8. The summed E-state index contributed by atoms with van der Waals surface area (Å²) in [6.07, 6.45) is 9.62. The van der Waals surface area contributed by atoms with Crippen LogP contribution in [-0.4, -0.2) is 34.3 Å². The van der Waals surface area contributed by atoms with Crippen LogP contribution in [0.3, 0.4) is 0 Å². The minimum Gasteiger partial charge on any atom is -0.368 e. The molecule has 0 amide bonds. The van der Waals surface area contributed by atoms with E-state index < -0.39 is 0 Å². The summed E-state index contributed by atoms with van der Waals surface area (Å²) >= 11 is 0. The molecule has 3 rings (SSSR count). The molecule has 0 radical (unpaired) electrons. The first-order valence-corrected chi connectivity index (χ1v) is 7.89. The van der Waals surface area contributed by atoms with E-state index in [9.17, 15) is 0 Å². The third-order valence-corrected chi connectivity index (χ3v) is 4.15. The van der Waals surface area contributed by atoms with Crippen molar-refractivity contribution in [3.8, 4) is 0 Å². The zero-order chi connectivity index (χ0) is 14.5. The molecular weight excluding hydrogens is 266 g/mol. The fourth-order valence-electron chi connectivity index (χ4n) is 3.00. The van der Waals surface area contributed by atoms with Gasteiger partial charge >= 0.3 is 0 Å². The molecule has 114 valence electrons. The maximum atomic E-state index is 5.15. The molecule has 21 heavy (non-hydrogen) atoms. The summed E-state index contributed by atoms with van der Waals surface area (Å²) in [6.45, 7) is 3.69. The predicted molar refractivity (Wildman–Crippen MR) is 82.3 cm³/mol. The standard InChI is InChI=1S/C15H23N5O/c1-11-13-14(18-10-19-15(13)21-20-11)17-9-8-16-12-6-4-2-3-5-7-12/h10,12,16H,2-9H2,1H3,(H,17,18,19). The van der Waals surface area contributed by atoms with Crippen LogP contribution in [0.2, 0.25) is 0 Å². The topological polar surface area (TPSA) is 75.9 Å². The van der Waals surface area contributed by atoms with Crippen LogP contribution in [0, 0.1) is 6.92 Å². The highest BCUT2D eigenvalue weighted by Crippen LogP contribution is 2.22. The maximum Gasteiger partial charge on any atom is 0.263 e. The van der Waals surface area contributed by atoms with Crippen LogP contribution in [0.15, 0.2) is 10.9 Å². The lowest BCUT2D eigenvalue weighted by Gasteiger charge is -2.16. The van der Waals surface area contributed by atoms with Gasteiger partial charge in [0.15, 0.2) is 0 Å². The van der Waals surface area contributed by atoms with Crippen molar-refractivity contribution in [2.75, 3.05) is 18.4 Å². The zero-order valence-corrected chi connectivity index (χ0v) is 12.6. The van der Waals surface area contributed by atoms with E-state index >= 15 is 0 Å². The Labute approximate surface area is 124 Å². The Hall–Kier alpha value is -1.69. The fourth-order valence-corrected chi connectivity index (χ4v) is 3.00. The molecule has 0 unspecified atom stereocenters. The van der Waals surface area contributed by atoms with Crippen LogP contribution >= 0.6 is 0 Å². The molecule has 1 fully saturated rings. The number of fused-ring (bicyclic) bond motifs is 1. The van der Waals surface area contributed by atoms with Crippen molar-refractivity contribution in [2.24, 2.45) is 0 Å². The first kappa shape index (κ1) is 14.3. The second-order valence-electron chi connectivity index (χ2n) is 5.74. The minimum atomic E-state index is 0.543. The Morgan fingerprint density at radius 1 is 1.14 bits per heavy atom. The highest BCUT2D eigenvalue weighted by Gasteiger charge is 2.13. The molecule has 0 aromatic carbocycles. The number of rotatable bonds is 5. The molecule has 1 saturated carbocycles. The van der Waals surface area contributed by atoms with Gasteiger partial charge in [0.1, 0.15) is 17.5 Å². The number of anilines is 1. The second kappa shape index (κ2) is 6.85. The van der Waals surface area contributed by atoms with E-state index in [4.69, 9.17) is 4.52 Å². The molecule has 2 aromatic heterocycles. The first-order chi connectivity index (χ1) is 10.3. The van der Waals surface area contributed by atoms with Gasteiger partial charge in [0.2, 0.25) is 0 Å². The van der Waals surface area contributed by atoms with Crippen molar-refractivity contribution in [2.45, 2.75) is 51.5 Å². The monoisotopic (exact) mass is 289 g/mol. The van der Waals surface area contributed by atoms with Gasteiger partial charge < -0.3 is 15.2 Å². The van der Waals surface area contributed by atoms with Crippen molar-refractivity contribution >= 4 is 16.9 Å². The van der Waals surface area contributed by atoms with Crippen LogP contribution < -0.4 is 10.6 Å². The zero-order valence-electron chi connectivity index (χ0n) is 12.6. The highest BCUT2D eigenvalue weighted by atomic mass is 16.5. The maximum absolute atomic E-state index is 5.15. The summed E-state index contributed by atoms with van der Waals surface area (Å²) in [4.78, 5) is 8.37. The Bertz CT molecular complexity index is 574. The molecule has 2 heterocycles. The normalized spacial score (nSPS) is 17.0. The Morgan fingerprint density at radius 3 is 2.76 bits per heavy atom. The summed E-state index contributed by atoms with van der Waals surface area (Å²) < 4.78 is 5.15. The molecule has 6 nitrogen and oxygen atoms in total. The number of nitrogens with zero attached hydrogens (tertiary/aromatic N) is 3. The molecular formula is C15H23N5O. The van der Waals surface area contributed by atoms with E-state index in [0.717, 1.165) is 30.0 Å². The van der Waals surface area contributed by atoms with E-state index in [-0.39, 0.29) is 0 Å². The Morgan fingerprint density at radius 2 is 1.95 bits per heavy atom. The lowest BCUT2D eigenvalue weighted by atomic mass is 10.1. The summed E-state index contributed by atoms with van der Waals surface area (Å²) in [5.74, 6) is 0.807. The molecule has 0 spiro atoms. The fraction of sp³-hybridized carbons (Fsp3) is 0.667. The lowest BCUT2D eigenvalue weighted by molar-refractivity contribution is 0.442. The van der Waals surface area contributed by atoms with Crippen molar-refractivity contribution in [3.63, 3.8) is 0 Å². The van der Waals surface area contributed by atoms with Crippen LogP contribution in [0.5, 0.6) is 0 Å². The van der Waals surface area contributed by atoms with Gasteiger partial charge in [-0.1, -0.05) is 30.8 Å². The third kappa shape index (κ3) is 3.50. The average Bonchev–Trinajstić information content (AvgIpc) is 2.73. The van der Waals surface area contributed by atoms with E-state index in [1.54, 1.807) is 0 Å². The Kier molecular flexibility index (Phi) is 4.65. The van der Waals surface area contributed by atoms with Crippen LogP contribution in [0.4, 0.5) is 5.82 Å². The minimum absolute atomic E-state index is 0.543. The van der Waals surface area contributed by atoms with Crippen LogP contribution in [0.1, 0.15) is 44.2 Å². The molecule has 0 bridgehead atoms. The smallest absolute Gasteiger partial charge is 0.263 e. The largest absolute Gasteiger partial charge is 0.368 e. The van der Waals surface area contributed by atoms with Gasteiger partial charge in [-0.05, 0) is 19.8 Å². The number of hydrogen-bond acceptors (Lipinski definition) is 6. The molecule has 6 heteroatoms. The quantitative estimate of drug-likeness (QED) is 0.651. The van der Waals surface area contributed by atoms with Gasteiger partial charge in [-0.25, -0.2) is 4.98 Å². The summed E-state index contributed by atoms with van der Waals surface area (Å²) in [7, 11) is 0. The van der Waals surface area contributed by atoms with E-state index in [1.807, 2.05) is 6.92 Å². The number of hydrogen-bond donors (Lipinski definition) is 2. The third-order valence-electron chi connectivity index (χ3n) is 4.15. The number of aryl methyl sites for hydroxylation is 1.